The number of hydrogen-bond acceptors (Lipinski definition) is 3. The normalized spacial score (nSPS) is 9.65. The number of benzene rings is 1. The molecule has 20 heavy (non-hydrogen) atoms. The van der Waals surface area contributed by atoms with E-state index in [1.807, 2.05) is 19.9 Å². The topological polar surface area (TPSA) is 46.5 Å². The van der Waals surface area contributed by atoms with E-state index in [9.17, 15) is 4.79 Å². The number of aliphatic hydroxyl groups excluding tert-OH is 1. The van der Waals surface area contributed by atoms with Gasteiger partial charge in [-0.25, -0.2) is 4.79 Å². The first kappa shape index (κ1) is 23.2. The molecule has 0 saturated heterocycles. The Morgan fingerprint density at radius 2 is 1.70 bits per heavy atom. The van der Waals surface area contributed by atoms with Crippen LogP contribution in [0, 0.1) is 5.92 Å². The van der Waals surface area contributed by atoms with E-state index in [1.165, 1.54) is 7.11 Å². The van der Waals surface area contributed by atoms with Crippen LogP contribution in [0.25, 0.3) is 0 Å². The summed E-state index contributed by atoms with van der Waals surface area (Å²) in [6.07, 6.45) is 1.21. The number of ether oxygens (including phenoxy) is 1. The second kappa shape index (κ2) is 15.2. The molecule has 0 aliphatic carbocycles. The van der Waals surface area contributed by atoms with E-state index in [0.717, 1.165) is 0 Å². The van der Waals surface area contributed by atoms with Crippen LogP contribution >= 0.6 is 0 Å². The largest absolute Gasteiger partial charge is 0.465 e. The third-order valence-corrected chi connectivity index (χ3v) is 2.12. The monoisotopic (exact) mass is 280 g/mol. The Hall–Kier alpha value is -1.87. The van der Waals surface area contributed by atoms with E-state index in [4.69, 9.17) is 5.11 Å². The first-order valence-electron chi connectivity index (χ1n) is 5.96. The summed E-state index contributed by atoms with van der Waals surface area (Å²) in [7, 11) is 1.37. The third kappa shape index (κ3) is 11.2. The smallest absolute Gasteiger partial charge is 0.337 e. The van der Waals surface area contributed by atoms with Crippen molar-refractivity contribution in [2.75, 3.05) is 7.11 Å². The minimum Gasteiger partial charge on any atom is -0.465 e. The number of carbonyl (C=O) groups excluding carboxylic acids is 1. The van der Waals surface area contributed by atoms with Crippen molar-refractivity contribution in [1.82, 2.24) is 0 Å². The van der Waals surface area contributed by atoms with Gasteiger partial charge in [0.1, 0.15) is 0 Å². The number of aliphatic hydroxyl groups is 1. The fourth-order valence-electron chi connectivity index (χ4n) is 0.964. The molecule has 0 bridgehead atoms. The average molecular weight is 280 g/mol. The van der Waals surface area contributed by atoms with Gasteiger partial charge < -0.3 is 9.84 Å². The van der Waals surface area contributed by atoms with Crippen LogP contribution in [0.1, 0.15) is 31.6 Å². The molecule has 3 nitrogen and oxygen atoms in total. The highest BCUT2D eigenvalue weighted by Crippen LogP contribution is 1.99. The predicted octanol–water partition coefficient (Wildman–Crippen LogP) is 4.10. The van der Waals surface area contributed by atoms with Gasteiger partial charge in [0.2, 0.25) is 0 Å². The van der Waals surface area contributed by atoms with Crippen molar-refractivity contribution in [3.8, 4) is 0 Å². The van der Waals surface area contributed by atoms with E-state index in [0.29, 0.717) is 11.5 Å². The van der Waals surface area contributed by atoms with Gasteiger partial charge in [-0.3, -0.25) is 0 Å². The molecule has 0 aromatic heterocycles. The molecule has 3 heteroatoms. The molecule has 1 aromatic carbocycles. The minimum atomic E-state index is -0.333. The van der Waals surface area contributed by atoms with Crippen molar-refractivity contribution < 1.29 is 14.6 Å². The summed E-state index contributed by atoms with van der Waals surface area (Å²) in [5, 5.41) is 8.82. The Morgan fingerprint density at radius 1 is 1.25 bits per heavy atom. The summed E-state index contributed by atoms with van der Waals surface area (Å²) in [5.74, 6) is 0.0121. The molecule has 114 valence electrons. The quantitative estimate of drug-likeness (QED) is 0.669. The number of carbonyl (C=O) groups is 1. The zero-order valence-corrected chi connectivity index (χ0v) is 12.0. The maximum Gasteiger partial charge on any atom is 0.337 e. The molecular weight excluding hydrogens is 252 g/mol. The lowest BCUT2D eigenvalue weighted by molar-refractivity contribution is 0.0600. The molecule has 1 N–H and O–H groups in total. The highest BCUT2D eigenvalue weighted by molar-refractivity contribution is 5.89. The van der Waals surface area contributed by atoms with Gasteiger partial charge in [0.05, 0.1) is 18.8 Å². The van der Waals surface area contributed by atoms with Crippen LogP contribution in [0.2, 0.25) is 0 Å². The minimum absolute atomic E-state index is 0. The number of methoxy groups -OCH3 is 1. The lowest BCUT2D eigenvalue weighted by atomic mass is 10.1. The van der Waals surface area contributed by atoms with E-state index in [1.54, 1.807) is 30.3 Å². The van der Waals surface area contributed by atoms with E-state index >= 15 is 0 Å². The molecule has 1 atom stereocenters. The van der Waals surface area contributed by atoms with E-state index in [2.05, 4.69) is 24.5 Å². The summed E-state index contributed by atoms with van der Waals surface area (Å²) >= 11 is 0. The molecular formula is C17H28O3. The number of rotatable bonds is 3. The molecule has 0 heterocycles. The Labute approximate surface area is 123 Å². The van der Waals surface area contributed by atoms with Crippen LogP contribution in [0.4, 0.5) is 0 Å². The number of esters is 1. The molecule has 0 fully saturated rings. The first-order chi connectivity index (χ1) is 9.02. The standard InChI is InChI=1S/C8H8O2.C6H12O.C2H4.CH4/c1-10-8(9)7-5-3-2-4-6-7;1-4-6(7)5(2)3;1-2;/h2-6H,1H3;4-7H,1H2,2-3H3;1-2H2;1H4/t;6-;;/m.1../s1. The Kier molecular flexibility index (Phi) is 17.6. The Bertz CT molecular complexity index is 345. The molecule has 0 radical (unpaired) electrons. The van der Waals surface area contributed by atoms with Crippen molar-refractivity contribution in [3.63, 3.8) is 0 Å². The summed E-state index contributed by atoms with van der Waals surface area (Å²) in [6, 6.07) is 8.88. The summed E-state index contributed by atoms with van der Waals surface area (Å²) in [6.45, 7) is 13.3. The van der Waals surface area contributed by atoms with Gasteiger partial charge >= 0.3 is 5.97 Å². The molecule has 0 saturated carbocycles. The predicted molar refractivity (Wildman–Crippen MR) is 86.8 cm³/mol. The molecule has 0 aliphatic heterocycles. The SMILES string of the molecule is C.C=C.C=C[C@@H](O)C(C)C.COC(=O)c1ccccc1. The molecule has 0 aliphatic rings. The highest BCUT2D eigenvalue weighted by atomic mass is 16.5. The molecule has 0 spiro atoms. The fourth-order valence-corrected chi connectivity index (χ4v) is 0.964. The van der Waals surface area contributed by atoms with Crippen LogP contribution in [0.15, 0.2) is 56.1 Å². The zero-order valence-electron chi connectivity index (χ0n) is 12.0. The van der Waals surface area contributed by atoms with E-state index < -0.39 is 0 Å². The molecule has 1 aromatic rings. The van der Waals surface area contributed by atoms with Gasteiger partial charge in [-0.15, -0.1) is 19.7 Å². The van der Waals surface area contributed by atoms with Gasteiger partial charge in [0, 0.05) is 0 Å². The van der Waals surface area contributed by atoms with Crippen molar-refractivity contribution in [2.24, 2.45) is 5.92 Å². The van der Waals surface area contributed by atoms with Crippen molar-refractivity contribution in [3.05, 3.63) is 61.7 Å². The lowest BCUT2D eigenvalue weighted by Gasteiger charge is -2.06. The zero-order chi connectivity index (χ0) is 15.3. The lowest BCUT2D eigenvalue weighted by Crippen LogP contribution is -2.09. The van der Waals surface area contributed by atoms with Crippen molar-refractivity contribution >= 4 is 5.97 Å². The first-order valence-corrected chi connectivity index (χ1v) is 5.96. The maximum absolute atomic E-state index is 10.8. The van der Waals surface area contributed by atoms with Crippen LogP contribution in [-0.2, 0) is 4.74 Å². The Morgan fingerprint density at radius 3 is 1.95 bits per heavy atom. The molecule has 0 amide bonds. The van der Waals surface area contributed by atoms with Gasteiger partial charge in [-0.05, 0) is 18.1 Å². The Balaban J connectivity index is -0.000000258. The van der Waals surface area contributed by atoms with Crippen molar-refractivity contribution in [2.45, 2.75) is 27.4 Å². The van der Waals surface area contributed by atoms with Crippen LogP contribution < -0.4 is 0 Å². The maximum atomic E-state index is 10.8. The molecule has 1 rings (SSSR count). The highest BCUT2D eigenvalue weighted by Gasteiger charge is 2.01. The fraction of sp³-hybridized carbons (Fsp3) is 0.353. The van der Waals surface area contributed by atoms with E-state index in [-0.39, 0.29) is 19.5 Å². The van der Waals surface area contributed by atoms with Gasteiger partial charge in [0.25, 0.3) is 0 Å². The van der Waals surface area contributed by atoms with Gasteiger partial charge in [0.15, 0.2) is 0 Å². The average Bonchev–Trinajstić information content (AvgIpc) is 2.49. The van der Waals surface area contributed by atoms with Crippen molar-refractivity contribution in [1.29, 1.82) is 0 Å². The summed E-state index contributed by atoms with van der Waals surface area (Å²) < 4.78 is 4.50. The molecule has 0 unspecified atom stereocenters. The van der Waals surface area contributed by atoms with Crippen LogP contribution in [0.5, 0.6) is 0 Å². The summed E-state index contributed by atoms with van der Waals surface area (Å²) in [4.78, 5) is 10.8. The third-order valence-electron chi connectivity index (χ3n) is 2.12. The van der Waals surface area contributed by atoms with Crippen LogP contribution in [-0.4, -0.2) is 24.3 Å². The second-order valence-corrected chi connectivity index (χ2v) is 3.83. The number of hydrogen-bond donors (Lipinski definition) is 1. The van der Waals surface area contributed by atoms with Gasteiger partial charge in [-0.1, -0.05) is 45.5 Å². The van der Waals surface area contributed by atoms with Gasteiger partial charge in [-0.2, -0.15) is 0 Å². The van der Waals surface area contributed by atoms with Crippen LogP contribution in [0.3, 0.4) is 0 Å². The summed E-state index contributed by atoms with van der Waals surface area (Å²) in [5.41, 5.74) is 0.588. The second-order valence-electron chi connectivity index (χ2n) is 3.83.